The van der Waals surface area contributed by atoms with Gasteiger partial charge in [-0.25, -0.2) is 4.68 Å². The highest BCUT2D eigenvalue weighted by molar-refractivity contribution is 5.70. The van der Waals surface area contributed by atoms with Gasteiger partial charge >= 0.3 is 0 Å². The molecule has 0 aliphatic carbocycles. The molecule has 0 amide bonds. The number of nitro groups is 1. The molecule has 0 saturated heterocycles. The summed E-state index contributed by atoms with van der Waals surface area (Å²) in [6.45, 7) is 0.790. The summed E-state index contributed by atoms with van der Waals surface area (Å²) in [5.74, 6) is 6.05. The van der Waals surface area contributed by atoms with Crippen LogP contribution in [0.1, 0.15) is 16.8 Å². The molecule has 3 aromatic rings. The van der Waals surface area contributed by atoms with Gasteiger partial charge in [0.1, 0.15) is 5.69 Å². The third kappa shape index (κ3) is 2.42. The fourth-order valence-corrected chi connectivity index (χ4v) is 2.81. The minimum absolute atomic E-state index is 0.0514. The first kappa shape index (κ1) is 14.2. The van der Waals surface area contributed by atoms with Gasteiger partial charge in [0.25, 0.3) is 5.69 Å². The molecule has 0 bridgehead atoms. The van der Waals surface area contributed by atoms with Gasteiger partial charge in [0.2, 0.25) is 0 Å². The SMILES string of the molecule is O=[N+]([O-])c1ccc(C#Cc2nnn3c2-c2ccccc2CC3)cc1. The van der Waals surface area contributed by atoms with Gasteiger partial charge in [0.15, 0.2) is 5.69 Å². The second kappa shape index (κ2) is 5.63. The highest BCUT2D eigenvalue weighted by atomic mass is 16.6. The number of aryl methyl sites for hydroxylation is 2. The second-order valence-corrected chi connectivity index (χ2v) is 5.47. The summed E-state index contributed by atoms with van der Waals surface area (Å²) in [4.78, 5) is 10.3. The molecule has 24 heavy (non-hydrogen) atoms. The fraction of sp³-hybridized carbons (Fsp3) is 0.111. The van der Waals surface area contributed by atoms with Crippen molar-refractivity contribution < 1.29 is 4.92 Å². The van der Waals surface area contributed by atoms with E-state index in [-0.39, 0.29) is 5.69 Å². The highest BCUT2D eigenvalue weighted by Crippen LogP contribution is 2.30. The predicted molar refractivity (Wildman–Crippen MR) is 88.2 cm³/mol. The van der Waals surface area contributed by atoms with Gasteiger partial charge in [0, 0.05) is 29.8 Å². The van der Waals surface area contributed by atoms with Crippen LogP contribution < -0.4 is 0 Å². The van der Waals surface area contributed by atoms with Crippen molar-refractivity contribution in [2.45, 2.75) is 13.0 Å². The first-order valence-electron chi connectivity index (χ1n) is 7.50. The molecule has 0 unspecified atom stereocenters. The lowest BCUT2D eigenvalue weighted by Crippen LogP contribution is -2.12. The van der Waals surface area contributed by atoms with Crippen LogP contribution in [0.15, 0.2) is 48.5 Å². The van der Waals surface area contributed by atoms with Gasteiger partial charge in [-0.05, 0) is 30.0 Å². The Morgan fingerprint density at radius 2 is 1.88 bits per heavy atom. The molecule has 1 aromatic heterocycles. The van der Waals surface area contributed by atoms with Crippen LogP contribution in [-0.4, -0.2) is 19.9 Å². The molecule has 0 N–H and O–H groups in total. The van der Waals surface area contributed by atoms with Crippen molar-refractivity contribution in [3.8, 4) is 23.1 Å². The van der Waals surface area contributed by atoms with Gasteiger partial charge in [-0.1, -0.05) is 35.4 Å². The van der Waals surface area contributed by atoms with Crippen molar-refractivity contribution in [1.82, 2.24) is 15.0 Å². The normalized spacial score (nSPS) is 11.8. The maximum absolute atomic E-state index is 10.7. The Bertz CT molecular complexity index is 994. The van der Waals surface area contributed by atoms with Crippen LogP contribution in [0.5, 0.6) is 0 Å². The smallest absolute Gasteiger partial charge is 0.258 e. The lowest BCUT2D eigenvalue weighted by Gasteiger charge is -2.16. The number of fused-ring (bicyclic) bond motifs is 3. The summed E-state index contributed by atoms with van der Waals surface area (Å²) in [7, 11) is 0. The molecule has 116 valence electrons. The first-order valence-corrected chi connectivity index (χ1v) is 7.50. The van der Waals surface area contributed by atoms with E-state index in [9.17, 15) is 10.1 Å². The third-order valence-electron chi connectivity index (χ3n) is 4.00. The molecule has 0 atom stereocenters. The maximum Gasteiger partial charge on any atom is 0.269 e. The van der Waals surface area contributed by atoms with Gasteiger partial charge in [-0.15, -0.1) is 5.10 Å². The Labute approximate surface area is 137 Å². The molecule has 2 heterocycles. The van der Waals surface area contributed by atoms with Gasteiger partial charge in [-0.3, -0.25) is 10.1 Å². The van der Waals surface area contributed by atoms with Crippen molar-refractivity contribution in [2.24, 2.45) is 0 Å². The molecule has 6 nitrogen and oxygen atoms in total. The van der Waals surface area contributed by atoms with Crippen LogP contribution in [-0.2, 0) is 13.0 Å². The van der Waals surface area contributed by atoms with Crippen LogP contribution in [0.3, 0.4) is 0 Å². The minimum Gasteiger partial charge on any atom is -0.258 e. The summed E-state index contributed by atoms with van der Waals surface area (Å²) in [5.41, 5.74) is 4.70. The summed E-state index contributed by atoms with van der Waals surface area (Å²) >= 11 is 0. The van der Waals surface area contributed by atoms with Crippen LogP contribution in [0, 0.1) is 22.0 Å². The number of rotatable bonds is 1. The molecule has 0 saturated carbocycles. The van der Waals surface area contributed by atoms with E-state index in [0.717, 1.165) is 24.2 Å². The summed E-state index contributed by atoms with van der Waals surface area (Å²) < 4.78 is 1.88. The van der Waals surface area contributed by atoms with Crippen molar-refractivity contribution >= 4 is 5.69 Å². The lowest BCUT2D eigenvalue weighted by atomic mass is 9.97. The van der Waals surface area contributed by atoms with Gasteiger partial charge in [-0.2, -0.15) is 0 Å². The zero-order valence-electron chi connectivity index (χ0n) is 12.6. The molecule has 0 radical (unpaired) electrons. The van der Waals surface area contributed by atoms with E-state index in [4.69, 9.17) is 0 Å². The number of aromatic nitrogens is 3. The van der Waals surface area contributed by atoms with E-state index in [1.807, 2.05) is 16.8 Å². The number of non-ortho nitro benzene ring substituents is 1. The zero-order valence-corrected chi connectivity index (χ0v) is 12.6. The average molecular weight is 316 g/mol. The van der Waals surface area contributed by atoms with Crippen molar-refractivity contribution in [2.75, 3.05) is 0 Å². The van der Waals surface area contributed by atoms with Gasteiger partial charge < -0.3 is 0 Å². The molecular formula is C18H12N4O2. The Balaban J connectivity index is 1.71. The Morgan fingerprint density at radius 3 is 2.67 bits per heavy atom. The van der Waals surface area contributed by atoms with E-state index >= 15 is 0 Å². The zero-order chi connectivity index (χ0) is 16.5. The lowest BCUT2D eigenvalue weighted by molar-refractivity contribution is -0.384. The standard InChI is InChI=1S/C18H12N4O2/c23-22(24)15-8-5-13(6-9-15)7-10-17-18-16-4-2-1-3-14(16)11-12-21(18)20-19-17/h1-6,8-9H,11-12H2. The summed E-state index contributed by atoms with van der Waals surface area (Å²) in [6, 6.07) is 14.3. The first-order chi connectivity index (χ1) is 11.7. The van der Waals surface area contributed by atoms with E-state index in [1.165, 1.54) is 17.7 Å². The summed E-state index contributed by atoms with van der Waals surface area (Å²) in [6.07, 6.45) is 0.932. The number of nitrogens with zero attached hydrogens (tertiary/aromatic N) is 4. The molecule has 1 aliphatic rings. The molecule has 0 fully saturated rings. The van der Waals surface area contributed by atoms with Crippen LogP contribution in [0.4, 0.5) is 5.69 Å². The van der Waals surface area contributed by atoms with E-state index < -0.39 is 4.92 Å². The molecule has 6 heteroatoms. The van der Waals surface area contributed by atoms with Crippen LogP contribution >= 0.6 is 0 Å². The average Bonchev–Trinajstić information content (AvgIpc) is 3.04. The van der Waals surface area contributed by atoms with E-state index in [0.29, 0.717) is 11.3 Å². The Hall–Kier alpha value is -3.46. The summed E-state index contributed by atoms with van der Waals surface area (Å²) in [5, 5.41) is 19.1. The monoisotopic (exact) mass is 316 g/mol. The largest absolute Gasteiger partial charge is 0.269 e. The van der Waals surface area contributed by atoms with Crippen LogP contribution in [0.2, 0.25) is 0 Å². The number of hydrogen-bond donors (Lipinski definition) is 0. The maximum atomic E-state index is 10.7. The van der Waals surface area contributed by atoms with E-state index in [2.05, 4.69) is 34.3 Å². The van der Waals surface area contributed by atoms with Crippen molar-refractivity contribution in [3.63, 3.8) is 0 Å². The van der Waals surface area contributed by atoms with Crippen molar-refractivity contribution in [3.05, 3.63) is 75.5 Å². The Kier molecular flexibility index (Phi) is 3.32. The molecule has 2 aromatic carbocycles. The fourth-order valence-electron chi connectivity index (χ4n) is 2.81. The van der Waals surface area contributed by atoms with E-state index in [1.54, 1.807) is 12.1 Å². The predicted octanol–water partition coefficient (Wildman–Crippen LogP) is 2.81. The van der Waals surface area contributed by atoms with Gasteiger partial charge in [0.05, 0.1) is 4.92 Å². The quantitative estimate of drug-likeness (QED) is 0.393. The topological polar surface area (TPSA) is 73.8 Å². The second-order valence-electron chi connectivity index (χ2n) is 5.47. The number of benzene rings is 2. The molecule has 4 rings (SSSR count). The molecular weight excluding hydrogens is 304 g/mol. The molecule has 0 spiro atoms. The number of nitro benzene ring substituents is 1. The third-order valence-corrected chi connectivity index (χ3v) is 4.00. The minimum atomic E-state index is -0.427. The van der Waals surface area contributed by atoms with Crippen LogP contribution in [0.25, 0.3) is 11.3 Å². The highest BCUT2D eigenvalue weighted by Gasteiger charge is 2.20. The Morgan fingerprint density at radius 1 is 1.08 bits per heavy atom. The van der Waals surface area contributed by atoms with Crippen molar-refractivity contribution in [1.29, 1.82) is 0 Å². The molecule has 1 aliphatic heterocycles. The number of hydrogen-bond acceptors (Lipinski definition) is 4.